The number of carbonyl (C=O) groups is 1. The zero-order valence-electron chi connectivity index (χ0n) is 16.3. The number of fused-ring (bicyclic) bond motifs is 1. The van der Waals surface area contributed by atoms with Crippen LogP contribution in [0.3, 0.4) is 0 Å². The van der Waals surface area contributed by atoms with Crippen molar-refractivity contribution in [3.63, 3.8) is 0 Å². The highest BCUT2D eigenvalue weighted by Gasteiger charge is 2.28. The van der Waals surface area contributed by atoms with Crippen LogP contribution in [0.15, 0.2) is 46.2 Å². The predicted molar refractivity (Wildman–Crippen MR) is 113 cm³/mol. The van der Waals surface area contributed by atoms with Crippen molar-refractivity contribution in [3.05, 3.63) is 36.4 Å². The van der Waals surface area contributed by atoms with Gasteiger partial charge in [-0.3, -0.25) is 4.79 Å². The van der Waals surface area contributed by atoms with Crippen LogP contribution in [-0.2, 0) is 14.8 Å². The second-order valence-electron chi connectivity index (χ2n) is 6.90. The summed E-state index contributed by atoms with van der Waals surface area (Å²) in [7, 11) is -2.17. The third kappa shape index (κ3) is 5.00. The van der Waals surface area contributed by atoms with Crippen LogP contribution in [0.25, 0.3) is 0 Å². The van der Waals surface area contributed by atoms with Gasteiger partial charge in [-0.25, -0.2) is 13.1 Å². The number of nitrogens with one attached hydrogen (secondary N) is 2. The van der Waals surface area contributed by atoms with E-state index in [4.69, 9.17) is 14.2 Å². The zero-order valence-corrected chi connectivity index (χ0v) is 18.0. The molecule has 30 heavy (non-hydrogen) atoms. The minimum Gasteiger partial charge on any atom is -0.495 e. The van der Waals surface area contributed by atoms with Crippen LogP contribution >= 0.6 is 11.8 Å². The topological polar surface area (TPSA) is 103 Å². The first-order chi connectivity index (χ1) is 14.4. The van der Waals surface area contributed by atoms with Gasteiger partial charge in [-0.1, -0.05) is 0 Å². The Bertz CT molecular complexity index is 1050. The third-order valence-corrected chi connectivity index (χ3v) is 7.05. The second-order valence-corrected chi connectivity index (χ2v) is 9.66. The molecule has 0 saturated heterocycles. The number of rotatable bonds is 8. The molecule has 1 aliphatic carbocycles. The van der Waals surface area contributed by atoms with Crippen molar-refractivity contribution in [1.82, 2.24) is 4.72 Å². The smallest absolute Gasteiger partial charge is 0.240 e. The van der Waals surface area contributed by atoms with Gasteiger partial charge < -0.3 is 19.5 Å². The van der Waals surface area contributed by atoms with E-state index in [9.17, 15) is 13.2 Å². The van der Waals surface area contributed by atoms with E-state index in [0.717, 1.165) is 17.7 Å². The summed E-state index contributed by atoms with van der Waals surface area (Å²) < 4.78 is 43.9. The number of carbonyl (C=O) groups excluding carboxylic acids is 1. The lowest BCUT2D eigenvalue weighted by atomic mass is 10.3. The Hall–Kier alpha value is -2.43. The molecule has 2 aromatic rings. The summed E-state index contributed by atoms with van der Waals surface area (Å²) in [5.41, 5.74) is 0.309. The standard InChI is InChI=1S/C20H22N2O6S2/c1-26-17-7-5-15(30(24,25)22-13-2-3-13)11-16(17)21-20(23)12-29-14-4-6-18-19(10-14)28-9-8-27-18/h4-7,10-11,13,22H,2-3,8-9,12H2,1H3,(H,21,23). The molecule has 0 unspecified atom stereocenters. The molecule has 0 bridgehead atoms. The van der Waals surface area contributed by atoms with Gasteiger partial charge in [0.1, 0.15) is 19.0 Å². The molecule has 1 saturated carbocycles. The Morgan fingerprint density at radius 2 is 1.90 bits per heavy atom. The van der Waals surface area contributed by atoms with E-state index in [0.29, 0.717) is 36.1 Å². The quantitative estimate of drug-likeness (QED) is 0.596. The minimum atomic E-state index is -3.63. The normalized spacial score (nSPS) is 15.5. The number of methoxy groups -OCH3 is 1. The molecule has 10 heteroatoms. The first-order valence-electron chi connectivity index (χ1n) is 9.47. The van der Waals surface area contributed by atoms with Crippen molar-refractivity contribution < 1.29 is 27.4 Å². The van der Waals surface area contributed by atoms with E-state index in [1.807, 2.05) is 18.2 Å². The van der Waals surface area contributed by atoms with Crippen molar-refractivity contribution in [1.29, 1.82) is 0 Å². The van der Waals surface area contributed by atoms with Crippen molar-refractivity contribution in [2.75, 3.05) is 31.4 Å². The van der Waals surface area contributed by atoms with Crippen LogP contribution in [-0.4, -0.2) is 46.4 Å². The molecule has 160 valence electrons. The molecule has 2 N–H and O–H groups in total. The van der Waals surface area contributed by atoms with E-state index in [2.05, 4.69) is 10.0 Å². The van der Waals surface area contributed by atoms with Crippen molar-refractivity contribution in [2.24, 2.45) is 0 Å². The molecule has 0 aromatic heterocycles. The molecular weight excluding hydrogens is 428 g/mol. The molecule has 4 rings (SSSR count). The van der Waals surface area contributed by atoms with Crippen LogP contribution in [0.2, 0.25) is 0 Å². The average molecular weight is 451 g/mol. The highest BCUT2D eigenvalue weighted by atomic mass is 32.2. The third-order valence-electron chi connectivity index (χ3n) is 4.54. The fraction of sp³-hybridized carbons (Fsp3) is 0.350. The van der Waals surface area contributed by atoms with E-state index in [-0.39, 0.29) is 22.6 Å². The summed E-state index contributed by atoms with van der Waals surface area (Å²) in [5, 5.41) is 2.74. The molecule has 0 atom stereocenters. The highest BCUT2D eigenvalue weighted by Crippen LogP contribution is 2.34. The first-order valence-corrected chi connectivity index (χ1v) is 11.9. The van der Waals surface area contributed by atoms with Gasteiger partial charge in [0, 0.05) is 10.9 Å². The number of sulfonamides is 1. The highest BCUT2D eigenvalue weighted by molar-refractivity contribution is 8.00. The Morgan fingerprint density at radius 1 is 1.13 bits per heavy atom. The Morgan fingerprint density at radius 3 is 2.63 bits per heavy atom. The van der Waals surface area contributed by atoms with E-state index in [1.54, 1.807) is 0 Å². The lowest BCUT2D eigenvalue weighted by Gasteiger charge is -2.18. The number of ether oxygens (including phenoxy) is 3. The van der Waals surface area contributed by atoms with Crippen LogP contribution in [0.4, 0.5) is 5.69 Å². The minimum absolute atomic E-state index is 0.00228. The average Bonchev–Trinajstić information content (AvgIpc) is 3.55. The summed E-state index contributed by atoms with van der Waals surface area (Å²) in [6.45, 7) is 1.02. The lowest BCUT2D eigenvalue weighted by Crippen LogP contribution is -2.26. The predicted octanol–water partition coefficient (Wildman–Crippen LogP) is 2.64. The van der Waals surface area contributed by atoms with Crippen LogP contribution in [0.5, 0.6) is 17.2 Å². The Balaban J connectivity index is 1.42. The SMILES string of the molecule is COc1ccc(S(=O)(=O)NC2CC2)cc1NC(=O)CSc1ccc2c(c1)OCCO2. The molecule has 1 heterocycles. The molecule has 2 aliphatic rings. The number of amides is 1. The molecule has 1 fully saturated rings. The summed E-state index contributed by atoms with van der Waals surface area (Å²) in [4.78, 5) is 13.4. The maximum Gasteiger partial charge on any atom is 0.240 e. The zero-order chi connectivity index (χ0) is 21.1. The molecular formula is C20H22N2O6S2. The van der Waals surface area contributed by atoms with Crippen LogP contribution < -0.4 is 24.2 Å². The van der Waals surface area contributed by atoms with Gasteiger partial charge in [0.05, 0.1) is 23.4 Å². The van der Waals surface area contributed by atoms with E-state index >= 15 is 0 Å². The van der Waals surface area contributed by atoms with Crippen LogP contribution in [0, 0.1) is 0 Å². The van der Waals surface area contributed by atoms with Gasteiger partial charge in [0.2, 0.25) is 15.9 Å². The fourth-order valence-electron chi connectivity index (χ4n) is 2.89. The summed E-state index contributed by atoms with van der Waals surface area (Å²) in [6.07, 6.45) is 1.69. The second kappa shape index (κ2) is 8.75. The van der Waals surface area contributed by atoms with Gasteiger partial charge in [0.25, 0.3) is 0 Å². The molecule has 0 spiro atoms. The molecule has 1 aliphatic heterocycles. The fourth-order valence-corrected chi connectivity index (χ4v) is 4.94. The number of anilines is 1. The molecule has 1 amide bonds. The number of hydrogen-bond donors (Lipinski definition) is 2. The number of hydrogen-bond acceptors (Lipinski definition) is 7. The van der Waals surface area contributed by atoms with Gasteiger partial charge >= 0.3 is 0 Å². The van der Waals surface area contributed by atoms with Gasteiger partial charge in [-0.05, 0) is 49.2 Å². The maximum absolute atomic E-state index is 12.5. The van der Waals surface area contributed by atoms with Crippen molar-refractivity contribution in [3.8, 4) is 17.2 Å². The Kier molecular flexibility index (Phi) is 6.07. The van der Waals surface area contributed by atoms with Gasteiger partial charge in [-0.2, -0.15) is 0 Å². The molecule has 8 nitrogen and oxygen atoms in total. The first kappa shape index (κ1) is 20.8. The van der Waals surface area contributed by atoms with E-state index < -0.39 is 10.0 Å². The molecule has 0 radical (unpaired) electrons. The summed E-state index contributed by atoms with van der Waals surface area (Å²) >= 11 is 1.34. The van der Waals surface area contributed by atoms with Crippen molar-refractivity contribution in [2.45, 2.75) is 28.7 Å². The molecule has 2 aromatic carbocycles. The largest absolute Gasteiger partial charge is 0.495 e. The monoisotopic (exact) mass is 450 g/mol. The van der Waals surface area contributed by atoms with Crippen LogP contribution in [0.1, 0.15) is 12.8 Å². The lowest BCUT2D eigenvalue weighted by molar-refractivity contribution is -0.113. The number of benzene rings is 2. The van der Waals surface area contributed by atoms with Crippen molar-refractivity contribution >= 4 is 33.4 Å². The van der Waals surface area contributed by atoms with E-state index in [1.165, 1.54) is 37.1 Å². The van der Waals surface area contributed by atoms with Gasteiger partial charge in [0.15, 0.2) is 11.5 Å². The summed E-state index contributed by atoms with van der Waals surface area (Å²) in [5.74, 6) is 1.60. The van der Waals surface area contributed by atoms with Gasteiger partial charge in [-0.15, -0.1) is 11.8 Å². The summed E-state index contributed by atoms with van der Waals surface area (Å²) in [6, 6.07) is 9.92. The maximum atomic E-state index is 12.5. The Labute approximate surface area is 179 Å². The number of thioether (sulfide) groups is 1.